The van der Waals surface area contributed by atoms with E-state index < -0.39 is 5.97 Å². The maximum Gasteiger partial charge on any atom is 0.345 e. The van der Waals surface area contributed by atoms with E-state index in [0.717, 1.165) is 30.8 Å². The minimum Gasteiger partial charge on any atom is -0.477 e. The normalized spacial score (nSPS) is 10.6. The van der Waals surface area contributed by atoms with Crippen LogP contribution in [0.15, 0.2) is 36.4 Å². The standard InChI is InChI=1S/C17H22N2O2S/c1-19(2)14-7-5-13(6-8-14)12-18-11-3-4-15-9-10-16(22-15)17(20)21/h5-10,18H,3-4,11-12H2,1-2H3,(H,20,21). The molecular weight excluding hydrogens is 296 g/mol. The molecule has 0 atom stereocenters. The van der Waals surface area contributed by atoms with Gasteiger partial charge in [0.05, 0.1) is 0 Å². The minimum absolute atomic E-state index is 0.420. The Morgan fingerprint density at radius 1 is 1.18 bits per heavy atom. The van der Waals surface area contributed by atoms with Gasteiger partial charge in [-0.2, -0.15) is 0 Å². The van der Waals surface area contributed by atoms with Gasteiger partial charge in [-0.15, -0.1) is 11.3 Å². The third-order valence-corrected chi connectivity index (χ3v) is 4.56. The molecule has 0 unspecified atom stereocenters. The number of carboxylic acid groups (broad SMARTS) is 1. The van der Waals surface area contributed by atoms with E-state index in [2.05, 4.69) is 34.5 Å². The number of carbonyl (C=O) groups is 1. The Bertz CT molecular complexity index is 605. The number of rotatable bonds is 8. The molecule has 0 aliphatic heterocycles. The maximum absolute atomic E-state index is 10.8. The van der Waals surface area contributed by atoms with E-state index in [-0.39, 0.29) is 0 Å². The van der Waals surface area contributed by atoms with E-state index in [1.165, 1.54) is 22.6 Å². The number of hydrogen-bond acceptors (Lipinski definition) is 4. The Morgan fingerprint density at radius 3 is 2.50 bits per heavy atom. The number of anilines is 1. The molecule has 1 aromatic carbocycles. The van der Waals surface area contributed by atoms with Gasteiger partial charge in [0, 0.05) is 31.2 Å². The summed E-state index contributed by atoms with van der Waals surface area (Å²) in [6.45, 7) is 1.79. The molecule has 0 saturated carbocycles. The average Bonchev–Trinajstić information content (AvgIpc) is 2.96. The second kappa shape index (κ2) is 7.96. The zero-order valence-corrected chi connectivity index (χ0v) is 13.8. The summed E-state index contributed by atoms with van der Waals surface area (Å²) in [5, 5.41) is 12.3. The van der Waals surface area contributed by atoms with Crippen molar-refractivity contribution in [1.29, 1.82) is 0 Å². The molecule has 2 N–H and O–H groups in total. The summed E-state index contributed by atoms with van der Waals surface area (Å²) in [6, 6.07) is 12.1. The molecule has 0 aliphatic rings. The lowest BCUT2D eigenvalue weighted by Crippen LogP contribution is -2.15. The summed E-state index contributed by atoms with van der Waals surface area (Å²) in [6.07, 6.45) is 1.93. The first-order valence-corrected chi connectivity index (χ1v) is 8.17. The maximum atomic E-state index is 10.8. The molecule has 1 aromatic heterocycles. The summed E-state index contributed by atoms with van der Waals surface area (Å²) >= 11 is 1.37. The molecule has 0 spiro atoms. The van der Waals surface area contributed by atoms with Gasteiger partial charge in [-0.3, -0.25) is 0 Å². The molecule has 4 nitrogen and oxygen atoms in total. The zero-order valence-electron chi connectivity index (χ0n) is 13.0. The van der Waals surface area contributed by atoms with Crippen LogP contribution in [-0.4, -0.2) is 31.7 Å². The lowest BCUT2D eigenvalue weighted by Gasteiger charge is -2.12. The average molecular weight is 318 g/mol. The van der Waals surface area contributed by atoms with Crippen LogP contribution in [-0.2, 0) is 13.0 Å². The number of benzene rings is 1. The summed E-state index contributed by atoms with van der Waals surface area (Å²) in [5.74, 6) is -0.837. The van der Waals surface area contributed by atoms with E-state index >= 15 is 0 Å². The Balaban J connectivity index is 1.67. The summed E-state index contributed by atoms with van der Waals surface area (Å²) in [5.41, 5.74) is 2.48. The lowest BCUT2D eigenvalue weighted by molar-refractivity contribution is 0.0702. The fourth-order valence-corrected chi connectivity index (χ4v) is 3.05. The van der Waals surface area contributed by atoms with Gasteiger partial charge in [-0.05, 0) is 49.2 Å². The molecule has 2 rings (SSSR count). The van der Waals surface area contributed by atoms with Crippen LogP contribution < -0.4 is 10.2 Å². The molecule has 5 heteroatoms. The molecule has 0 saturated heterocycles. The number of carboxylic acids is 1. The first-order chi connectivity index (χ1) is 10.6. The lowest BCUT2D eigenvalue weighted by atomic mass is 10.2. The molecule has 0 fully saturated rings. The quantitative estimate of drug-likeness (QED) is 0.734. The summed E-state index contributed by atoms with van der Waals surface area (Å²) in [4.78, 5) is 14.4. The smallest absolute Gasteiger partial charge is 0.345 e. The second-order valence-electron chi connectivity index (χ2n) is 5.41. The van der Waals surface area contributed by atoms with Crippen molar-refractivity contribution in [1.82, 2.24) is 5.32 Å². The van der Waals surface area contributed by atoms with Crippen molar-refractivity contribution in [2.75, 3.05) is 25.5 Å². The monoisotopic (exact) mass is 318 g/mol. The van der Waals surface area contributed by atoms with Crippen molar-refractivity contribution < 1.29 is 9.90 Å². The highest BCUT2D eigenvalue weighted by molar-refractivity contribution is 7.13. The van der Waals surface area contributed by atoms with Crippen LogP contribution in [0, 0.1) is 0 Å². The molecule has 0 bridgehead atoms. The van der Waals surface area contributed by atoms with Gasteiger partial charge in [0.15, 0.2) is 0 Å². The highest BCUT2D eigenvalue weighted by Gasteiger charge is 2.06. The first-order valence-electron chi connectivity index (χ1n) is 7.35. The topological polar surface area (TPSA) is 52.6 Å². The van der Waals surface area contributed by atoms with Crippen molar-refractivity contribution in [2.45, 2.75) is 19.4 Å². The van der Waals surface area contributed by atoms with Crippen molar-refractivity contribution in [2.24, 2.45) is 0 Å². The van der Waals surface area contributed by atoms with Crippen LogP contribution in [0.2, 0.25) is 0 Å². The third kappa shape index (κ3) is 4.86. The number of nitrogens with one attached hydrogen (secondary N) is 1. The second-order valence-corrected chi connectivity index (χ2v) is 6.58. The molecule has 0 radical (unpaired) electrons. The van der Waals surface area contributed by atoms with Crippen LogP contribution >= 0.6 is 11.3 Å². The molecule has 0 aliphatic carbocycles. The summed E-state index contributed by atoms with van der Waals surface area (Å²) < 4.78 is 0. The predicted molar refractivity (Wildman–Crippen MR) is 92.1 cm³/mol. The molecule has 0 amide bonds. The van der Waals surface area contributed by atoms with Gasteiger partial charge in [0.25, 0.3) is 0 Å². The van der Waals surface area contributed by atoms with Crippen LogP contribution in [0.1, 0.15) is 26.5 Å². The summed E-state index contributed by atoms with van der Waals surface area (Å²) in [7, 11) is 4.07. The number of aromatic carboxylic acids is 1. The Kier molecular flexibility index (Phi) is 5.98. The van der Waals surface area contributed by atoms with E-state index in [9.17, 15) is 4.79 Å². The highest BCUT2D eigenvalue weighted by Crippen LogP contribution is 2.17. The van der Waals surface area contributed by atoms with Crippen LogP contribution in [0.4, 0.5) is 5.69 Å². The third-order valence-electron chi connectivity index (χ3n) is 3.43. The Morgan fingerprint density at radius 2 is 1.91 bits per heavy atom. The zero-order chi connectivity index (χ0) is 15.9. The van der Waals surface area contributed by atoms with Crippen molar-refractivity contribution in [3.63, 3.8) is 0 Å². The van der Waals surface area contributed by atoms with Gasteiger partial charge >= 0.3 is 5.97 Å². The Labute approximate surface area is 135 Å². The molecule has 22 heavy (non-hydrogen) atoms. The minimum atomic E-state index is -0.837. The van der Waals surface area contributed by atoms with Gasteiger partial charge in [0.1, 0.15) is 4.88 Å². The Hall–Kier alpha value is -1.85. The van der Waals surface area contributed by atoms with Gasteiger partial charge in [-0.1, -0.05) is 12.1 Å². The van der Waals surface area contributed by atoms with E-state index in [1.807, 2.05) is 20.2 Å². The first kappa shape index (κ1) is 16.5. The van der Waals surface area contributed by atoms with Crippen LogP contribution in [0.3, 0.4) is 0 Å². The fraction of sp³-hybridized carbons (Fsp3) is 0.353. The number of aryl methyl sites for hydroxylation is 1. The van der Waals surface area contributed by atoms with Crippen molar-refractivity contribution in [3.8, 4) is 0 Å². The molecule has 1 heterocycles. The van der Waals surface area contributed by atoms with Gasteiger partial charge in [-0.25, -0.2) is 4.79 Å². The fourth-order valence-electron chi connectivity index (χ4n) is 2.16. The van der Waals surface area contributed by atoms with E-state index in [1.54, 1.807) is 6.07 Å². The van der Waals surface area contributed by atoms with Crippen LogP contribution in [0.5, 0.6) is 0 Å². The van der Waals surface area contributed by atoms with E-state index in [4.69, 9.17) is 5.11 Å². The molecular formula is C17H22N2O2S. The number of hydrogen-bond donors (Lipinski definition) is 2. The number of nitrogens with zero attached hydrogens (tertiary/aromatic N) is 1. The number of thiophene rings is 1. The van der Waals surface area contributed by atoms with Gasteiger partial charge < -0.3 is 15.3 Å². The largest absolute Gasteiger partial charge is 0.477 e. The molecule has 118 valence electrons. The predicted octanol–water partition coefficient (Wildman–Crippen LogP) is 3.23. The molecule has 2 aromatic rings. The SMILES string of the molecule is CN(C)c1ccc(CNCCCc2ccc(C(=O)O)s2)cc1. The van der Waals surface area contributed by atoms with Crippen molar-refractivity contribution >= 4 is 23.0 Å². The highest BCUT2D eigenvalue weighted by atomic mass is 32.1. The van der Waals surface area contributed by atoms with Crippen molar-refractivity contribution in [3.05, 3.63) is 51.7 Å². The van der Waals surface area contributed by atoms with Gasteiger partial charge in [0.2, 0.25) is 0 Å². The van der Waals surface area contributed by atoms with Crippen LogP contribution in [0.25, 0.3) is 0 Å². The van der Waals surface area contributed by atoms with E-state index in [0.29, 0.717) is 4.88 Å².